The molecule has 0 atom stereocenters. The molecule has 0 saturated heterocycles. The average molecular weight is 205 g/mol. The van der Waals surface area contributed by atoms with Gasteiger partial charge in [-0.05, 0) is 39.1 Å². The van der Waals surface area contributed by atoms with Crippen molar-refractivity contribution in [2.75, 3.05) is 0 Å². The number of hydrogen-bond donors (Lipinski definition) is 0. The second kappa shape index (κ2) is 5.01. The van der Waals surface area contributed by atoms with Gasteiger partial charge in [0.05, 0.1) is 0 Å². The molecule has 0 aliphatic heterocycles. The number of rotatable bonds is 3. The van der Waals surface area contributed by atoms with E-state index in [9.17, 15) is 0 Å². The van der Waals surface area contributed by atoms with E-state index in [0.717, 1.165) is 5.76 Å². The number of hydrogen-bond acceptors (Lipinski definition) is 1. The Morgan fingerprint density at radius 1 is 1.36 bits per heavy atom. The van der Waals surface area contributed by atoms with Crippen LogP contribution in [-0.4, -0.2) is 9.04 Å². The van der Waals surface area contributed by atoms with Crippen LogP contribution in [0, 0.1) is 6.92 Å². The molecule has 75 valence electrons. The average Bonchev–Trinajstić information content (AvgIpc) is 2.14. The Bertz CT molecular complexity index is 329. The topological polar surface area (TPSA) is 9.23 Å². The highest BCUT2D eigenvalue weighted by Crippen LogP contribution is 2.17. The minimum absolute atomic E-state index is 0.674. The molecule has 0 bridgehead atoms. The Morgan fingerprint density at radius 3 is 2.57 bits per heavy atom. The Labute approximate surface area is 88.1 Å². The van der Waals surface area contributed by atoms with Crippen molar-refractivity contribution < 1.29 is 4.43 Å². The Balaban J connectivity index is 2.90. The number of allylic oxidation sites excluding steroid dienone is 1. The van der Waals surface area contributed by atoms with E-state index in [1.54, 1.807) is 0 Å². The van der Waals surface area contributed by atoms with Crippen LogP contribution in [0.15, 0.2) is 30.3 Å². The molecule has 1 radical (unpaired) electrons. The van der Waals surface area contributed by atoms with Crippen molar-refractivity contribution in [3.8, 4) is 0 Å². The predicted molar refractivity (Wildman–Crippen MR) is 63.4 cm³/mol. The molecule has 0 aromatic heterocycles. The summed E-state index contributed by atoms with van der Waals surface area (Å²) < 4.78 is 5.80. The second-order valence-electron chi connectivity index (χ2n) is 3.53. The lowest BCUT2D eigenvalue weighted by Crippen LogP contribution is -2.06. The van der Waals surface area contributed by atoms with Crippen molar-refractivity contribution in [2.45, 2.75) is 26.9 Å². The molecule has 0 aliphatic carbocycles. The molecular formula is C12H17OSi. The highest BCUT2D eigenvalue weighted by Gasteiger charge is 2.05. The molecule has 0 fully saturated rings. The monoisotopic (exact) mass is 205 g/mol. The molecule has 14 heavy (non-hydrogen) atoms. The summed E-state index contributed by atoms with van der Waals surface area (Å²) in [4.78, 5) is 0. The van der Waals surface area contributed by atoms with Crippen molar-refractivity contribution in [1.29, 1.82) is 0 Å². The maximum Gasteiger partial charge on any atom is 0.274 e. The molecule has 0 unspecified atom stereocenters. The van der Waals surface area contributed by atoms with Crippen LogP contribution in [0.2, 0.25) is 13.1 Å². The summed E-state index contributed by atoms with van der Waals surface area (Å²) in [5.74, 6) is 1.01. The minimum Gasteiger partial charge on any atom is -0.542 e. The van der Waals surface area contributed by atoms with Crippen molar-refractivity contribution in [3.63, 3.8) is 0 Å². The van der Waals surface area contributed by atoms with Crippen LogP contribution >= 0.6 is 0 Å². The smallest absolute Gasteiger partial charge is 0.274 e. The van der Waals surface area contributed by atoms with Gasteiger partial charge < -0.3 is 4.43 Å². The molecule has 0 amide bonds. The van der Waals surface area contributed by atoms with Gasteiger partial charge in [0.1, 0.15) is 5.76 Å². The summed E-state index contributed by atoms with van der Waals surface area (Å²) in [6.45, 7) is 8.40. The van der Waals surface area contributed by atoms with Crippen LogP contribution in [0.4, 0.5) is 0 Å². The molecule has 0 N–H and O–H groups in total. The lowest BCUT2D eigenvalue weighted by molar-refractivity contribution is 0.536. The van der Waals surface area contributed by atoms with Crippen molar-refractivity contribution >= 4 is 14.8 Å². The zero-order valence-electron chi connectivity index (χ0n) is 9.29. The van der Waals surface area contributed by atoms with E-state index < -0.39 is 9.04 Å². The molecular weight excluding hydrogens is 188 g/mol. The third-order valence-corrected chi connectivity index (χ3v) is 2.51. The van der Waals surface area contributed by atoms with E-state index in [0.29, 0.717) is 0 Å². The third-order valence-electron chi connectivity index (χ3n) is 1.88. The van der Waals surface area contributed by atoms with E-state index in [-0.39, 0.29) is 0 Å². The molecule has 2 heteroatoms. The van der Waals surface area contributed by atoms with Gasteiger partial charge in [0, 0.05) is 5.56 Å². The summed E-state index contributed by atoms with van der Waals surface area (Å²) in [7, 11) is -0.674. The van der Waals surface area contributed by atoms with Crippen LogP contribution in [0.5, 0.6) is 0 Å². The van der Waals surface area contributed by atoms with E-state index in [1.165, 1.54) is 11.1 Å². The molecule has 0 heterocycles. The molecule has 0 aliphatic rings. The quantitative estimate of drug-likeness (QED) is 0.541. The van der Waals surface area contributed by atoms with E-state index in [4.69, 9.17) is 4.43 Å². The van der Waals surface area contributed by atoms with Crippen molar-refractivity contribution in [1.82, 2.24) is 0 Å². The first-order valence-corrected chi connectivity index (χ1v) is 7.25. The maximum atomic E-state index is 5.80. The highest BCUT2D eigenvalue weighted by molar-refractivity contribution is 6.49. The van der Waals surface area contributed by atoms with Gasteiger partial charge in [-0.1, -0.05) is 23.8 Å². The third kappa shape index (κ3) is 3.03. The summed E-state index contributed by atoms with van der Waals surface area (Å²) >= 11 is 0. The standard InChI is InChI=1S/C12H17OSi/c1-5-12(13-14(3)4)11-8-6-7-10(2)9-11/h5-9H,1-4H3/b12-5-. The minimum atomic E-state index is -0.674. The summed E-state index contributed by atoms with van der Waals surface area (Å²) in [5, 5.41) is 0. The van der Waals surface area contributed by atoms with Gasteiger partial charge in [-0.2, -0.15) is 0 Å². The number of benzene rings is 1. The van der Waals surface area contributed by atoms with Gasteiger partial charge in [0.2, 0.25) is 0 Å². The van der Waals surface area contributed by atoms with E-state index in [2.05, 4.69) is 44.3 Å². The SMILES string of the molecule is C/C=C(\O[Si](C)C)c1cccc(C)c1. The van der Waals surface area contributed by atoms with Gasteiger partial charge >= 0.3 is 0 Å². The van der Waals surface area contributed by atoms with Crippen molar-refractivity contribution in [3.05, 3.63) is 41.5 Å². The van der Waals surface area contributed by atoms with Crippen LogP contribution < -0.4 is 0 Å². The Morgan fingerprint density at radius 2 is 2.07 bits per heavy atom. The largest absolute Gasteiger partial charge is 0.542 e. The normalized spacial score (nSPS) is 11.9. The Kier molecular flexibility index (Phi) is 3.95. The molecule has 0 saturated carbocycles. The van der Waals surface area contributed by atoms with Crippen LogP contribution in [0.3, 0.4) is 0 Å². The summed E-state index contributed by atoms with van der Waals surface area (Å²) in [6, 6.07) is 8.41. The number of aryl methyl sites for hydroxylation is 1. The van der Waals surface area contributed by atoms with Gasteiger partial charge in [0.25, 0.3) is 9.04 Å². The molecule has 1 aromatic carbocycles. The highest BCUT2D eigenvalue weighted by atomic mass is 28.3. The van der Waals surface area contributed by atoms with E-state index >= 15 is 0 Å². The molecule has 1 aromatic rings. The molecule has 0 spiro atoms. The summed E-state index contributed by atoms with van der Waals surface area (Å²) in [6.07, 6.45) is 2.03. The fourth-order valence-electron chi connectivity index (χ4n) is 1.30. The fraction of sp³-hybridized carbons (Fsp3) is 0.333. The lowest BCUT2D eigenvalue weighted by atomic mass is 10.1. The zero-order valence-corrected chi connectivity index (χ0v) is 10.3. The summed E-state index contributed by atoms with van der Waals surface area (Å²) in [5.41, 5.74) is 2.45. The predicted octanol–water partition coefficient (Wildman–Crippen LogP) is 3.62. The first-order valence-electron chi connectivity index (χ1n) is 4.85. The zero-order chi connectivity index (χ0) is 10.6. The van der Waals surface area contributed by atoms with E-state index in [1.807, 2.05) is 13.0 Å². The van der Waals surface area contributed by atoms with Crippen LogP contribution in [0.25, 0.3) is 5.76 Å². The molecule has 1 rings (SSSR count). The molecule has 1 nitrogen and oxygen atoms in total. The van der Waals surface area contributed by atoms with Crippen molar-refractivity contribution in [2.24, 2.45) is 0 Å². The van der Waals surface area contributed by atoms with Gasteiger partial charge in [0.15, 0.2) is 0 Å². The van der Waals surface area contributed by atoms with Gasteiger partial charge in [-0.25, -0.2) is 0 Å². The Hall–Kier alpha value is -1.02. The van der Waals surface area contributed by atoms with Crippen LogP contribution in [0.1, 0.15) is 18.1 Å². The lowest BCUT2D eigenvalue weighted by Gasteiger charge is -2.13. The maximum absolute atomic E-state index is 5.80. The first kappa shape index (κ1) is 11.1. The van der Waals surface area contributed by atoms with Gasteiger partial charge in [-0.15, -0.1) is 0 Å². The van der Waals surface area contributed by atoms with Gasteiger partial charge in [-0.3, -0.25) is 0 Å². The fourth-order valence-corrected chi connectivity index (χ4v) is 1.98. The second-order valence-corrected chi connectivity index (χ2v) is 5.55. The first-order chi connectivity index (χ1) is 6.63. The van der Waals surface area contributed by atoms with Crippen LogP contribution in [-0.2, 0) is 4.43 Å².